The Morgan fingerprint density at radius 2 is 1.84 bits per heavy atom. The van der Waals surface area contributed by atoms with Gasteiger partial charge in [0.05, 0.1) is 17.6 Å². The van der Waals surface area contributed by atoms with Gasteiger partial charge in [0.15, 0.2) is 0 Å². The highest BCUT2D eigenvalue weighted by atomic mass is 16.3. The Morgan fingerprint density at radius 3 is 2.52 bits per heavy atom. The quantitative estimate of drug-likeness (QED) is 0.718. The van der Waals surface area contributed by atoms with Crippen LogP contribution in [-0.4, -0.2) is 48.7 Å². The van der Waals surface area contributed by atoms with Crippen molar-refractivity contribution in [2.45, 2.75) is 45.1 Å². The number of carbonyl (C=O) groups is 1. The van der Waals surface area contributed by atoms with Crippen LogP contribution in [0.1, 0.15) is 44.4 Å². The number of aliphatic hydroxyl groups is 1. The number of amides is 1. The summed E-state index contributed by atoms with van der Waals surface area (Å²) in [6, 6.07) is 12.3. The molecule has 0 saturated carbocycles. The summed E-state index contributed by atoms with van der Waals surface area (Å²) in [4.78, 5) is 22.0. The second-order valence-electron chi connectivity index (χ2n) is 8.69. The van der Waals surface area contributed by atoms with E-state index in [1.165, 1.54) is 11.3 Å². The fourth-order valence-electron chi connectivity index (χ4n) is 4.78. The van der Waals surface area contributed by atoms with Gasteiger partial charge < -0.3 is 20.2 Å². The van der Waals surface area contributed by atoms with Crippen LogP contribution in [0.25, 0.3) is 0 Å². The van der Waals surface area contributed by atoms with Crippen molar-refractivity contribution in [2.75, 3.05) is 42.5 Å². The summed E-state index contributed by atoms with van der Waals surface area (Å²) in [6.07, 6.45) is 4.59. The second-order valence-corrected chi connectivity index (χ2v) is 8.69. The molecule has 0 aliphatic carbocycles. The number of hydrogen-bond donors (Lipinski definition) is 2. The number of nitrogens with one attached hydrogen (secondary N) is 1. The summed E-state index contributed by atoms with van der Waals surface area (Å²) >= 11 is 0. The van der Waals surface area contributed by atoms with Crippen molar-refractivity contribution in [2.24, 2.45) is 5.92 Å². The zero-order valence-corrected chi connectivity index (χ0v) is 18.7. The first-order valence-corrected chi connectivity index (χ1v) is 11.6. The summed E-state index contributed by atoms with van der Waals surface area (Å²) < 4.78 is 0. The van der Waals surface area contributed by atoms with Gasteiger partial charge in [0.25, 0.3) is 0 Å². The number of nitrogens with zero attached hydrogens (tertiary/aromatic N) is 3. The summed E-state index contributed by atoms with van der Waals surface area (Å²) in [7, 11) is 0. The van der Waals surface area contributed by atoms with Crippen LogP contribution in [0.2, 0.25) is 0 Å². The van der Waals surface area contributed by atoms with Crippen molar-refractivity contribution in [1.82, 2.24) is 10.3 Å². The van der Waals surface area contributed by atoms with E-state index in [9.17, 15) is 9.90 Å². The molecule has 31 heavy (non-hydrogen) atoms. The molecule has 1 aromatic heterocycles. The fourth-order valence-corrected chi connectivity index (χ4v) is 4.78. The minimum Gasteiger partial charge on any atom is -0.384 e. The Kier molecular flexibility index (Phi) is 6.58. The Hall–Kier alpha value is -2.44. The molecule has 0 radical (unpaired) electrons. The second kappa shape index (κ2) is 9.37. The smallest absolute Gasteiger partial charge is 0.230 e. The highest BCUT2D eigenvalue weighted by Crippen LogP contribution is 2.32. The molecule has 2 aromatic rings. The first-order chi connectivity index (χ1) is 15.1. The van der Waals surface area contributed by atoms with E-state index in [1.807, 2.05) is 30.9 Å². The zero-order valence-electron chi connectivity index (χ0n) is 18.7. The van der Waals surface area contributed by atoms with Crippen molar-refractivity contribution in [1.29, 1.82) is 0 Å². The number of carbonyl (C=O) groups excluding carboxylic acids is 1. The van der Waals surface area contributed by atoms with Crippen molar-refractivity contribution < 1.29 is 9.90 Å². The molecular formula is C25H34N4O2. The molecule has 1 atom stereocenters. The van der Waals surface area contributed by atoms with Crippen molar-refractivity contribution >= 4 is 17.3 Å². The van der Waals surface area contributed by atoms with Gasteiger partial charge in [-0.15, -0.1) is 0 Å². The van der Waals surface area contributed by atoms with Crippen LogP contribution in [0.3, 0.4) is 0 Å². The van der Waals surface area contributed by atoms with Gasteiger partial charge in [0.2, 0.25) is 5.91 Å². The maximum Gasteiger partial charge on any atom is 0.230 e. The van der Waals surface area contributed by atoms with Gasteiger partial charge in [-0.05, 0) is 49.4 Å². The van der Waals surface area contributed by atoms with E-state index in [0.717, 1.165) is 44.7 Å². The lowest BCUT2D eigenvalue weighted by Gasteiger charge is -2.31. The number of aromatic nitrogens is 1. The number of benzene rings is 1. The van der Waals surface area contributed by atoms with Crippen LogP contribution in [-0.2, 0) is 16.8 Å². The maximum absolute atomic E-state index is 13.2. The van der Waals surface area contributed by atoms with E-state index in [1.54, 1.807) is 6.20 Å². The van der Waals surface area contributed by atoms with Crippen molar-refractivity contribution in [3.63, 3.8) is 0 Å². The highest BCUT2D eigenvalue weighted by molar-refractivity contribution is 5.97. The van der Waals surface area contributed by atoms with E-state index in [2.05, 4.69) is 39.5 Å². The Labute approximate surface area is 185 Å². The molecule has 3 heterocycles. The topological polar surface area (TPSA) is 68.7 Å². The minimum atomic E-state index is -0.899. The molecule has 0 spiro atoms. The Bertz CT molecular complexity index is 889. The molecule has 2 aliphatic heterocycles. The molecule has 2 fully saturated rings. The molecule has 6 heteroatoms. The molecule has 0 unspecified atom stereocenters. The van der Waals surface area contributed by atoms with E-state index in [-0.39, 0.29) is 11.8 Å². The zero-order chi connectivity index (χ0) is 21.8. The summed E-state index contributed by atoms with van der Waals surface area (Å²) in [5.41, 5.74) is 3.12. The predicted molar refractivity (Wildman–Crippen MR) is 124 cm³/mol. The van der Waals surface area contributed by atoms with Crippen molar-refractivity contribution in [3.8, 4) is 0 Å². The normalized spacial score (nSPS) is 19.8. The molecule has 2 saturated heterocycles. The van der Waals surface area contributed by atoms with Crippen LogP contribution in [0.15, 0.2) is 42.6 Å². The number of anilines is 2. The Morgan fingerprint density at radius 1 is 1.10 bits per heavy atom. The average molecular weight is 423 g/mol. The third kappa shape index (κ3) is 4.46. The van der Waals surface area contributed by atoms with Gasteiger partial charge in [-0.2, -0.15) is 0 Å². The number of pyridine rings is 1. The lowest BCUT2D eigenvalue weighted by molar-refractivity contribution is -0.120. The fraction of sp³-hybridized carbons (Fsp3) is 0.520. The predicted octanol–water partition coefficient (Wildman–Crippen LogP) is 3.09. The maximum atomic E-state index is 13.2. The summed E-state index contributed by atoms with van der Waals surface area (Å²) in [5, 5.41) is 14.1. The van der Waals surface area contributed by atoms with E-state index in [4.69, 9.17) is 0 Å². The lowest BCUT2D eigenvalue weighted by atomic mass is 9.93. The van der Waals surface area contributed by atoms with Crippen molar-refractivity contribution in [3.05, 3.63) is 53.9 Å². The van der Waals surface area contributed by atoms with Gasteiger partial charge in [-0.1, -0.05) is 32.0 Å². The Balaban J connectivity index is 1.47. The molecule has 0 bridgehead atoms. The molecule has 4 rings (SSSR count). The number of para-hydroxylation sites is 1. The number of hydrogen-bond acceptors (Lipinski definition) is 5. The van der Waals surface area contributed by atoms with Crippen LogP contribution in [0.4, 0.5) is 11.4 Å². The standard InChI is InChI=1S/C25H34N4O2/c1-3-25(31,4-2)23-10-9-21(18-27-23)29-14-11-20(24(29)30)17-19-7-5-6-8-22(19)28-15-12-26-13-16-28/h5-10,18,20,26,31H,3-4,11-17H2,1-2H3/t20-/m1/s1. The number of piperazine rings is 1. The molecule has 166 valence electrons. The average Bonchev–Trinajstić information content (AvgIpc) is 3.19. The molecule has 1 amide bonds. The molecule has 6 nitrogen and oxygen atoms in total. The largest absolute Gasteiger partial charge is 0.384 e. The minimum absolute atomic E-state index is 0.00745. The van der Waals surface area contributed by atoms with E-state index >= 15 is 0 Å². The van der Waals surface area contributed by atoms with Gasteiger partial charge >= 0.3 is 0 Å². The number of rotatable bonds is 7. The highest BCUT2D eigenvalue weighted by Gasteiger charge is 2.34. The third-order valence-electron chi connectivity index (χ3n) is 6.94. The summed E-state index contributed by atoms with van der Waals surface area (Å²) in [6.45, 7) is 8.64. The van der Waals surface area contributed by atoms with Crippen LogP contribution in [0.5, 0.6) is 0 Å². The van der Waals surface area contributed by atoms with Crippen LogP contribution in [0, 0.1) is 5.92 Å². The van der Waals surface area contributed by atoms with E-state index in [0.29, 0.717) is 25.1 Å². The first kappa shape index (κ1) is 21.8. The molecule has 1 aromatic carbocycles. The third-order valence-corrected chi connectivity index (χ3v) is 6.94. The van der Waals surface area contributed by atoms with Gasteiger partial charge in [0.1, 0.15) is 5.60 Å². The van der Waals surface area contributed by atoms with Gasteiger partial charge in [-0.3, -0.25) is 9.78 Å². The lowest BCUT2D eigenvalue weighted by Crippen LogP contribution is -2.44. The molecule has 2 N–H and O–H groups in total. The van der Waals surface area contributed by atoms with Crippen LogP contribution < -0.4 is 15.1 Å². The SMILES string of the molecule is CCC(O)(CC)c1ccc(N2CC[C@H](Cc3ccccc3N3CCNCC3)C2=O)cn1. The van der Waals surface area contributed by atoms with Gasteiger partial charge in [-0.25, -0.2) is 0 Å². The first-order valence-electron chi connectivity index (χ1n) is 11.6. The monoisotopic (exact) mass is 422 g/mol. The molecular weight excluding hydrogens is 388 g/mol. The van der Waals surface area contributed by atoms with E-state index < -0.39 is 5.60 Å². The van der Waals surface area contributed by atoms with Crippen LogP contribution >= 0.6 is 0 Å². The molecule has 2 aliphatic rings. The summed E-state index contributed by atoms with van der Waals surface area (Å²) in [5.74, 6) is 0.165. The van der Waals surface area contributed by atoms with Gasteiger partial charge in [0, 0.05) is 44.3 Å².